The Kier molecular flexibility index (Phi) is 14.5. The van der Waals surface area contributed by atoms with E-state index in [0.29, 0.717) is 12.8 Å². The molecule has 1 amide bonds. The van der Waals surface area contributed by atoms with E-state index in [1.54, 1.807) is 24.3 Å². The molecule has 3 aliphatic rings. The topological polar surface area (TPSA) is 137 Å². The number of rotatable bonds is 17. The van der Waals surface area contributed by atoms with Crippen LogP contribution < -0.4 is 10.1 Å². The van der Waals surface area contributed by atoms with E-state index >= 15 is 0 Å². The molecule has 2 atom stereocenters. The van der Waals surface area contributed by atoms with Crippen molar-refractivity contribution >= 4 is 49.2 Å². The first-order valence-electron chi connectivity index (χ1n) is 17.8. The third kappa shape index (κ3) is 11.1. The van der Waals surface area contributed by atoms with Crippen LogP contribution in [0, 0.1) is 11.3 Å². The number of carbonyl (C=O) groups is 2. The van der Waals surface area contributed by atoms with Gasteiger partial charge >= 0.3 is 12.1 Å². The third-order valence-electron chi connectivity index (χ3n) is 9.87. The Morgan fingerprint density at radius 1 is 1.04 bits per heavy atom. The van der Waals surface area contributed by atoms with Crippen LogP contribution in [0.3, 0.4) is 0 Å². The predicted molar refractivity (Wildman–Crippen MR) is 195 cm³/mol. The second-order valence-corrected chi connectivity index (χ2v) is 17.4. The van der Waals surface area contributed by atoms with Crippen LogP contribution in [0.25, 0.3) is 0 Å². The predicted octanol–water partition coefficient (Wildman–Crippen LogP) is 8.38. The zero-order valence-electron chi connectivity index (χ0n) is 29.2. The van der Waals surface area contributed by atoms with Crippen LogP contribution in [0.4, 0.5) is 13.2 Å². The normalized spacial score (nSPS) is 20.0. The van der Waals surface area contributed by atoms with Gasteiger partial charge in [0.15, 0.2) is 16.4 Å². The number of benzene rings is 2. The summed E-state index contributed by atoms with van der Waals surface area (Å²) in [5.41, 5.74) is -0.285. The number of amides is 1. The molecule has 2 N–H and O–H groups in total. The zero-order chi connectivity index (χ0) is 38.2. The first-order valence-corrected chi connectivity index (χ1v) is 20.5. The summed E-state index contributed by atoms with van der Waals surface area (Å²) in [5.74, 6) is -2.04. The Labute approximate surface area is 317 Å². The van der Waals surface area contributed by atoms with Gasteiger partial charge in [-0.2, -0.15) is 18.4 Å². The second kappa shape index (κ2) is 18.0. The summed E-state index contributed by atoms with van der Waals surface area (Å²) in [6, 6.07) is 11.1. The van der Waals surface area contributed by atoms with Gasteiger partial charge in [-0.25, -0.2) is 13.2 Å². The van der Waals surface area contributed by atoms with Crippen molar-refractivity contribution in [1.82, 2.24) is 10.2 Å². The molecule has 5 rings (SSSR count). The van der Waals surface area contributed by atoms with Crippen molar-refractivity contribution in [3.05, 3.63) is 57.5 Å². The summed E-state index contributed by atoms with van der Waals surface area (Å²) in [7, 11) is -4.23. The molecule has 0 radical (unpaired) electrons. The fraction of sp³-hybridized carbons (Fsp3) is 0.595. The largest absolute Gasteiger partial charge is 0.484 e. The first kappa shape index (κ1) is 41.9. The highest BCUT2D eigenvalue weighted by Gasteiger charge is 2.57. The van der Waals surface area contributed by atoms with Gasteiger partial charge in [0.1, 0.15) is 17.3 Å². The molecule has 2 aromatic carbocycles. The minimum absolute atomic E-state index is 0.110. The number of carbonyl (C=O) groups excluding carboxylic acids is 1. The van der Waals surface area contributed by atoms with Crippen molar-refractivity contribution in [2.45, 2.75) is 124 Å². The molecule has 1 aliphatic heterocycles. The van der Waals surface area contributed by atoms with Gasteiger partial charge in [-0.3, -0.25) is 10.1 Å². The number of carboxylic acid groups (broad SMARTS) is 1. The molecule has 3 fully saturated rings. The standard InChI is InChI=1S/C23H20BrClF3NO6S.C14H26N2/c24-14-3-1-13(2-4-14)22(7-8-22)21(32)29-11-16(10-18(29)20(30)31)36(33,34)19-6-5-15(9-17(19)25)35-12-23(26,27)28;1-2-3-4-5-6-7-8-9-12-16-14(13-15)10-11-14/h1-6,9,16,18H,7-8,10-12H2,(H,30,31);16H,2-12H2,1H3/t16-,18+;/m1./s1. The fourth-order valence-corrected chi connectivity index (χ4v) is 8.96. The maximum absolute atomic E-state index is 13.5. The Bertz CT molecular complexity index is 1700. The van der Waals surface area contributed by atoms with Crippen molar-refractivity contribution in [2.75, 3.05) is 19.7 Å². The molecule has 2 saturated carbocycles. The molecule has 52 heavy (non-hydrogen) atoms. The van der Waals surface area contributed by atoms with Crippen molar-refractivity contribution in [3.8, 4) is 11.8 Å². The third-order valence-corrected chi connectivity index (χ3v) is 13.0. The van der Waals surface area contributed by atoms with E-state index in [0.717, 1.165) is 52.5 Å². The van der Waals surface area contributed by atoms with Crippen molar-refractivity contribution in [1.29, 1.82) is 5.26 Å². The molecule has 1 heterocycles. The number of halogens is 5. The van der Waals surface area contributed by atoms with E-state index in [-0.39, 0.29) is 34.2 Å². The molecular formula is C37H46BrClF3N3O6S. The fourth-order valence-electron chi connectivity index (χ4n) is 6.46. The van der Waals surface area contributed by atoms with Gasteiger partial charge in [0, 0.05) is 17.1 Å². The minimum Gasteiger partial charge on any atom is -0.484 e. The van der Waals surface area contributed by atoms with Crippen LogP contribution in [-0.2, 0) is 24.8 Å². The van der Waals surface area contributed by atoms with Crippen molar-refractivity contribution in [2.24, 2.45) is 0 Å². The number of likely N-dealkylation sites (tertiary alicyclic amines) is 1. The number of unbranched alkanes of at least 4 members (excludes halogenated alkanes) is 7. The Morgan fingerprint density at radius 2 is 1.65 bits per heavy atom. The van der Waals surface area contributed by atoms with E-state index in [4.69, 9.17) is 16.9 Å². The number of ether oxygens (including phenoxy) is 1. The Balaban J connectivity index is 0.000000317. The molecule has 0 unspecified atom stereocenters. The molecule has 15 heteroatoms. The van der Waals surface area contributed by atoms with Crippen LogP contribution in [-0.4, -0.2) is 73.0 Å². The van der Waals surface area contributed by atoms with E-state index < -0.39 is 51.2 Å². The van der Waals surface area contributed by atoms with Gasteiger partial charge in [0.2, 0.25) is 5.91 Å². The summed E-state index contributed by atoms with van der Waals surface area (Å²) in [6.45, 7) is 1.37. The van der Waals surface area contributed by atoms with Crippen LogP contribution >= 0.6 is 27.5 Å². The highest BCUT2D eigenvalue weighted by Crippen LogP contribution is 2.51. The van der Waals surface area contributed by atoms with Crippen LogP contribution in [0.1, 0.15) is 96.0 Å². The summed E-state index contributed by atoms with van der Waals surface area (Å²) in [4.78, 5) is 26.2. The number of hydrogen-bond acceptors (Lipinski definition) is 7. The van der Waals surface area contributed by atoms with Crippen LogP contribution in [0.2, 0.25) is 5.02 Å². The number of sulfone groups is 1. The summed E-state index contributed by atoms with van der Waals surface area (Å²) >= 11 is 9.41. The molecule has 2 aromatic rings. The lowest BCUT2D eigenvalue weighted by atomic mass is 9.94. The van der Waals surface area contributed by atoms with Crippen LogP contribution in [0.5, 0.6) is 5.75 Å². The maximum atomic E-state index is 13.5. The van der Waals surface area contributed by atoms with Gasteiger partial charge in [-0.1, -0.05) is 91.5 Å². The van der Waals surface area contributed by atoms with Gasteiger partial charge < -0.3 is 14.7 Å². The number of aliphatic carboxylic acids is 1. The zero-order valence-corrected chi connectivity index (χ0v) is 32.3. The van der Waals surface area contributed by atoms with Gasteiger partial charge in [0.05, 0.1) is 26.7 Å². The average molecular weight is 833 g/mol. The highest BCUT2D eigenvalue weighted by molar-refractivity contribution is 9.10. The Morgan fingerprint density at radius 3 is 2.17 bits per heavy atom. The number of alkyl halides is 3. The molecule has 2 aliphatic carbocycles. The Hall–Kier alpha value is -2.86. The number of hydrogen-bond donors (Lipinski definition) is 2. The molecule has 1 saturated heterocycles. The monoisotopic (exact) mass is 831 g/mol. The van der Waals surface area contributed by atoms with Gasteiger partial charge in [-0.05, 0) is 74.9 Å². The van der Waals surface area contributed by atoms with Gasteiger partial charge in [-0.15, -0.1) is 0 Å². The lowest BCUT2D eigenvalue weighted by Crippen LogP contribution is -2.46. The lowest BCUT2D eigenvalue weighted by molar-refractivity contribution is -0.153. The molecule has 9 nitrogen and oxygen atoms in total. The maximum Gasteiger partial charge on any atom is 0.422 e. The SMILES string of the molecule is CCCCCCCCCCNC1(C#N)CC1.O=C(O)[C@@H]1C[C@@H](S(=O)(=O)c2ccc(OCC(F)(F)F)cc2Cl)CN1C(=O)C1(c2ccc(Br)cc2)CC1. The highest BCUT2D eigenvalue weighted by atomic mass is 79.9. The van der Waals surface area contributed by atoms with Crippen molar-refractivity contribution in [3.63, 3.8) is 0 Å². The van der Waals surface area contributed by atoms with E-state index in [1.807, 2.05) is 0 Å². The first-order chi connectivity index (χ1) is 24.6. The number of nitrogens with one attached hydrogen (secondary N) is 1. The van der Waals surface area contributed by atoms with E-state index in [2.05, 4.69) is 39.0 Å². The lowest BCUT2D eigenvalue weighted by Gasteiger charge is -2.27. The number of carboxylic acids is 1. The van der Waals surface area contributed by atoms with Crippen LogP contribution in [0.15, 0.2) is 51.8 Å². The quantitative estimate of drug-likeness (QED) is 0.152. The second-order valence-electron chi connectivity index (χ2n) is 13.9. The van der Waals surface area contributed by atoms with Gasteiger partial charge in [0.25, 0.3) is 0 Å². The minimum atomic E-state index is -4.59. The molecule has 0 aromatic heterocycles. The smallest absolute Gasteiger partial charge is 0.422 e. The molecule has 0 spiro atoms. The van der Waals surface area contributed by atoms with E-state index in [9.17, 15) is 36.3 Å². The summed E-state index contributed by atoms with van der Waals surface area (Å²) in [5, 5.41) is 20.4. The summed E-state index contributed by atoms with van der Waals surface area (Å²) in [6.07, 6.45) is 9.06. The van der Waals surface area contributed by atoms with E-state index in [1.165, 1.54) is 51.4 Å². The molecular weight excluding hydrogens is 787 g/mol. The number of nitrogens with zero attached hydrogens (tertiary/aromatic N) is 2. The molecule has 0 bridgehead atoms. The molecule has 286 valence electrons. The average Bonchev–Trinajstić information content (AvgIpc) is 4.02. The number of nitriles is 1. The van der Waals surface area contributed by atoms with Crippen molar-refractivity contribution < 1.29 is 41.0 Å². The summed E-state index contributed by atoms with van der Waals surface area (Å²) < 4.78 is 69.3.